The van der Waals surface area contributed by atoms with Crippen LogP contribution in [0, 0.1) is 6.92 Å². The van der Waals surface area contributed by atoms with Crippen LogP contribution >= 0.6 is 39.1 Å². The molecule has 1 aromatic heterocycles. The number of anilines is 1. The molecular formula is C14H11BrCl2N2O. The molecule has 1 heterocycles. The van der Waals surface area contributed by atoms with Gasteiger partial charge in [-0.2, -0.15) is 0 Å². The summed E-state index contributed by atoms with van der Waals surface area (Å²) in [6.07, 6.45) is 0.262. The van der Waals surface area contributed by atoms with E-state index in [0.29, 0.717) is 10.8 Å². The fourth-order valence-electron chi connectivity index (χ4n) is 1.76. The summed E-state index contributed by atoms with van der Waals surface area (Å²) in [6.45, 7) is 1.81. The van der Waals surface area contributed by atoms with E-state index in [1.807, 2.05) is 31.2 Å². The number of nitrogens with one attached hydrogen (secondary N) is 1. The largest absolute Gasteiger partial charge is 0.323 e. The van der Waals surface area contributed by atoms with Crippen LogP contribution in [0.3, 0.4) is 0 Å². The first-order valence-electron chi connectivity index (χ1n) is 5.82. The number of aryl methyl sites for hydroxylation is 1. The maximum atomic E-state index is 12.0. The summed E-state index contributed by atoms with van der Waals surface area (Å²) >= 11 is 15.2. The molecule has 1 N–H and O–H groups in total. The Balaban J connectivity index is 2.13. The predicted octanol–water partition coefficient (Wildman–Crippen LogP) is 4.64. The highest BCUT2D eigenvalue weighted by Gasteiger charge is 2.11. The van der Waals surface area contributed by atoms with Gasteiger partial charge < -0.3 is 5.32 Å². The Hall–Kier alpha value is -1.10. The van der Waals surface area contributed by atoms with Crippen LogP contribution in [0.2, 0.25) is 10.3 Å². The Morgan fingerprint density at radius 1 is 1.35 bits per heavy atom. The van der Waals surface area contributed by atoms with E-state index in [1.54, 1.807) is 6.07 Å². The molecule has 0 radical (unpaired) electrons. The van der Waals surface area contributed by atoms with E-state index in [1.165, 1.54) is 0 Å². The maximum absolute atomic E-state index is 12.0. The van der Waals surface area contributed by atoms with Gasteiger partial charge in [-0.25, -0.2) is 4.98 Å². The molecule has 104 valence electrons. The first kappa shape index (κ1) is 15.3. The monoisotopic (exact) mass is 372 g/mol. The number of carbonyl (C=O) groups excluding carboxylic acids is 1. The molecule has 6 heteroatoms. The Kier molecular flexibility index (Phi) is 5.02. The zero-order valence-corrected chi connectivity index (χ0v) is 13.7. The van der Waals surface area contributed by atoms with Crippen molar-refractivity contribution in [2.75, 3.05) is 5.32 Å². The van der Waals surface area contributed by atoms with E-state index in [4.69, 9.17) is 23.2 Å². The van der Waals surface area contributed by atoms with Crippen molar-refractivity contribution in [2.45, 2.75) is 13.3 Å². The highest BCUT2D eigenvalue weighted by atomic mass is 79.9. The standard InChI is InChI=1S/C14H11BrCl2N2O/c1-8-5-11(16)18-14(17)13(8)19-12(20)7-9-3-2-4-10(15)6-9/h2-6H,7H2,1H3,(H,19,20). The molecule has 0 fully saturated rings. The third-order valence-electron chi connectivity index (χ3n) is 2.66. The van der Waals surface area contributed by atoms with Crippen LogP contribution in [0.4, 0.5) is 5.69 Å². The van der Waals surface area contributed by atoms with Crippen LogP contribution in [0.15, 0.2) is 34.8 Å². The second kappa shape index (κ2) is 6.57. The fraction of sp³-hybridized carbons (Fsp3) is 0.143. The molecule has 0 spiro atoms. The average Bonchev–Trinajstić information content (AvgIpc) is 2.33. The average molecular weight is 374 g/mol. The molecule has 0 aliphatic heterocycles. The summed E-state index contributed by atoms with van der Waals surface area (Å²) in [4.78, 5) is 16.0. The number of aromatic nitrogens is 1. The van der Waals surface area contributed by atoms with Gasteiger partial charge in [-0.15, -0.1) is 0 Å². The molecule has 0 aliphatic rings. The summed E-state index contributed by atoms with van der Waals surface area (Å²) in [5.41, 5.74) is 2.18. The van der Waals surface area contributed by atoms with Crippen molar-refractivity contribution >= 4 is 50.7 Å². The second-order valence-corrected chi connectivity index (χ2v) is 5.94. The molecule has 20 heavy (non-hydrogen) atoms. The first-order valence-corrected chi connectivity index (χ1v) is 7.37. The van der Waals surface area contributed by atoms with Crippen LogP contribution < -0.4 is 5.32 Å². The number of hydrogen-bond donors (Lipinski definition) is 1. The summed E-state index contributed by atoms with van der Waals surface area (Å²) in [5.74, 6) is -0.155. The minimum Gasteiger partial charge on any atom is -0.323 e. The lowest BCUT2D eigenvalue weighted by Gasteiger charge is -2.10. The predicted molar refractivity (Wildman–Crippen MR) is 85.5 cm³/mol. The Bertz CT molecular complexity index is 638. The van der Waals surface area contributed by atoms with Gasteiger partial charge in [0.2, 0.25) is 5.91 Å². The van der Waals surface area contributed by atoms with E-state index in [2.05, 4.69) is 26.2 Å². The minimum absolute atomic E-state index is 0.155. The first-order chi connectivity index (χ1) is 9.45. The van der Waals surface area contributed by atoms with Gasteiger partial charge in [-0.3, -0.25) is 4.79 Å². The van der Waals surface area contributed by atoms with Crippen molar-refractivity contribution < 1.29 is 4.79 Å². The highest BCUT2D eigenvalue weighted by Crippen LogP contribution is 2.26. The number of halogens is 3. The fourth-order valence-corrected chi connectivity index (χ4v) is 2.79. The minimum atomic E-state index is -0.155. The lowest BCUT2D eigenvalue weighted by atomic mass is 10.1. The lowest BCUT2D eigenvalue weighted by Crippen LogP contribution is -2.15. The highest BCUT2D eigenvalue weighted by molar-refractivity contribution is 9.10. The molecule has 0 unspecified atom stereocenters. The topological polar surface area (TPSA) is 42.0 Å². The zero-order valence-electron chi connectivity index (χ0n) is 10.6. The molecule has 2 rings (SSSR count). The molecule has 0 aliphatic carbocycles. The van der Waals surface area contributed by atoms with Crippen molar-refractivity contribution in [3.05, 3.63) is 56.2 Å². The van der Waals surface area contributed by atoms with E-state index in [0.717, 1.165) is 15.6 Å². The maximum Gasteiger partial charge on any atom is 0.228 e. The van der Waals surface area contributed by atoms with Gasteiger partial charge in [0.15, 0.2) is 5.15 Å². The third-order valence-corrected chi connectivity index (χ3v) is 3.62. The van der Waals surface area contributed by atoms with Crippen LogP contribution in [-0.4, -0.2) is 10.9 Å². The summed E-state index contributed by atoms with van der Waals surface area (Å²) in [5, 5.41) is 3.26. The summed E-state index contributed by atoms with van der Waals surface area (Å²) < 4.78 is 0.935. The van der Waals surface area contributed by atoms with Crippen molar-refractivity contribution in [1.29, 1.82) is 0 Å². The second-order valence-electron chi connectivity index (χ2n) is 4.28. The van der Waals surface area contributed by atoms with E-state index in [-0.39, 0.29) is 17.5 Å². The number of hydrogen-bond acceptors (Lipinski definition) is 2. The molecule has 3 nitrogen and oxygen atoms in total. The number of benzene rings is 1. The lowest BCUT2D eigenvalue weighted by molar-refractivity contribution is -0.115. The number of rotatable bonds is 3. The number of pyridine rings is 1. The van der Waals surface area contributed by atoms with Crippen LogP contribution in [0.25, 0.3) is 0 Å². The van der Waals surface area contributed by atoms with Crippen molar-refractivity contribution in [3.8, 4) is 0 Å². The van der Waals surface area contributed by atoms with E-state index in [9.17, 15) is 4.79 Å². The molecule has 1 aromatic carbocycles. The summed E-state index contributed by atoms with van der Waals surface area (Å²) in [7, 11) is 0. The molecular weight excluding hydrogens is 363 g/mol. The van der Waals surface area contributed by atoms with Crippen LogP contribution in [0.1, 0.15) is 11.1 Å². The van der Waals surface area contributed by atoms with Crippen LogP contribution in [0.5, 0.6) is 0 Å². The summed E-state index contributed by atoms with van der Waals surface area (Å²) in [6, 6.07) is 9.23. The van der Waals surface area contributed by atoms with Crippen molar-refractivity contribution in [3.63, 3.8) is 0 Å². The Morgan fingerprint density at radius 3 is 2.75 bits per heavy atom. The number of carbonyl (C=O) groups is 1. The molecule has 2 aromatic rings. The van der Waals surface area contributed by atoms with Gasteiger partial charge in [0, 0.05) is 4.47 Å². The van der Waals surface area contributed by atoms with E-state index < -0.39 is 0 Å². The van der Waals surface area contributed by atoms with Crippen molar-refractivity contribution in [2.24, 2.45) is 0 Å². The normalized spacial score (nSPS) is 10.4. The third kappa shape index (κ3) is 3.95. The van der Waals surface area contributed by atoms with Crippen LogP contribution in [-0.2, 0) is 11.2 Å². The van der Waals surface area contributed by atoms with Crippen molar-refractivity contribution in [1.82, 2.24) is 4.98 Å². The number of amides is 1. The van der Waals surface area contributed by atoms with Gasteiger partial charge in [-0.1, -0.05) is 51.3 Å². The smallest absolute Gasteiger partial charge is 0.228 e. The van der Waals surface area contributed by atoms with Gasteiger partial charge in [0.05, 0.1) is 12.1 Å². The van der Waals surface area contributed by atoms with Gasteiger partial charge in [0.1, 0.15) is 5.15 Å². The Morgan fingerprint density at radius 2 is 2.10 bits per heavy atom. The van der Waals surface area contributed by atoms with E-state index >= 15 is 0 Å². The number of nitrogens with zero attached hydrogens (tertiary/aromatic N) is 1. The molecule has 0 atom stereocenters. The SMILES string of the molecule is Cc1cc(Cl)nc(Cl)c1NC(=O)Cc1cccc(Br)c1. The molecule has 1 amide bonds. The molecule has 0 saturated carbocycles. The molecule has 0 saturated heterocycles. The van der Waals surface area contributed by atoms with Gasteiger partial charge >= 0.3 is 0 Å². The Labute approximate surface area is 135 Å². The quantitative estimate of drug-likeness (QED) is 0.796. The van der Waals surface area contributed by atoms with Gasteiger partial charge in [-0.05, 0) is 36.2 Å². The molecule has 0 bridgehead atoms. The zero-order chi connectivity index (χ0) is 14.7. The van der Waals surface area contributed by atoms with Gasteiger partial charge in [0.25, 0.3) is 0 Å².